The molecule has 0 spiro atoms. The molecule has 1 aromatic heterocycles. The molecule has 124 valence electrons. The maximum Gasteiger partial charge on any atom is 0.315 e. The summed E-state index contributed by atoms with van der Waals surface area (Å²) in [5.41, 5.74) is 2.93. The standard InChI is InChI=1S/C19H21N3O2/c1-22-10-9-15-11-16(7-8-17(15)22)18(23)13-21-19(24)20-12-14-5-3-2-4-6-14/h2-11,18,23H,12-13H2,1H3,(H2,20,21,24). The molecule has 5 nitrogen and oxygen atoms in total. The van der Waals surface area contributed by atoms with Crippen LogP contribution in [0.5, 0.6) is 0 Å². The lowest BCUT2D eigenvalue weighted by Crippen LogP contribution is -2.37. The van der Waals surface area contributed by atoms with Gasteiger partial charge in [-0.05, 0) is 34.7 Å². The molecular weight excluding hydrogens is 302 g/mol. The highest BCUT2D eigenvalue weighted by atomic mass is 16.3. The Hall–Kier alpha value is -2.79. The van der Waals surface area contributed by atoms with Crippen molar-refractivity contribution >= 4 is 16.9 Å². The lowest BCUT2D eigenvalue weighted by Gasteiger charge is -2.13. The highest BCUT2D eigenvalue weighted by Gasteiger charge is 2.10. The van der Waals surface area contributed by atoms with Crippen LogP contribution in [0.2, 0.25) is 0 Å². The first-order valence-corrected chi connectivity index (χ1v) is 7.92. The summed E-state index contributed by atoms with van der Waals surface area (Å²) in [6, 6.07) is 17.2. The molecule has 0 aliphatic heterocycles. The fourth-order valence-electron chi connectivity index (χ4n) is 2.66. The Balaban J connectivity index is 1.52. The number of carbonyl (C=O) groups is 1. The molecule has 1 atom stereocenters. The zero-order valence-electron chi connectivity index (χ0n) is 13.6. The van der Waals surface area contributed by atoms with E-state index in [-0.39, 0.29) is 12.6 Å². The van der Waals surface area contributed by atoms with Gasteiger partial charge in [-0.3, -0.25) is 0 Å². The molecule has 2 amide bonds. The van der Waals surface area contributed by atoms with Gasteiger partial charge in [0, 0.05) is 31.9 Å². The topological polar surface area (TPSA) is 66.3 Å². The number of aliphatic hydroxyl groups is 1. The van der Waals surface area contributed by atoms with E-state index in [4.69, 9.17) is 0 Å². The molecule has 3 aromatic rings. The predicted octanol–water partition coefficient (Wildman–Crippen LogP) is 2.71. The first-order chi connectivity index (χ1) is 11.6. The summed E-state index contributed by atoms with van der Waals surface area (Å²) < 4.78 is 2.03. The van der Waals surface area contributed by atoms with E-state index in [9.17, 15) is 9.90 Å². The van der Waals surface area contributed by atoms with Crippen LogP contribution in [0, 0.1) is 0 Å². The molecule has 0 saturated carbocycles. The first kappa shape index (κ1) is 16.1. The predicted molar refractivity (Wildman–Crippen MR) is 94.6 cm³/mol. The Morgan fingerprint density at radius 1 is 1.12 bits per heavy atom. The summed E-state index contributed by atoms with van der Waals surface area (Å²) in [5.74, 6) is 0. The van der Waals surface area contributed by atoms with Crippen molar-refractivity contribution in [1.82, 2.24) is 15.2 Å². The number of hydrogen-bond donors (Lipinski definition) is 3. The van der Waals surface area contributed by atoms with E-state index < -0.39 is 6.10 Å². The second-order valence-corrected chi connectivity index (χ2v) is 5.81. The summed E-state index contributed by atoms with van der Waals surface area (Å²) in [6.07, 6.45) is 1.24. The van der Waals surface area contributed by atoms with Gasteiger partial charge in [0.2, 0.25) is 0 Å². The second-order valence-electron chi connectivity index (χ2n) is 5.81. The highest BCUT2D eigenvalue weighted by molar-refractivity contribution is 5.81. The first-order valence-electron chi connectivity index (χ1n) is 7.92. The number of nitrogens with one attached hydrogen (secondary N) is 2. The number of urea groups is 1. The van der Waals surface area contributed by atoms with Crippen LogP contribution in [-0.2, 0) is 13.6 Å². The zero-order chi connectivity index (χ0) is 16.9. The average Bonchev–Trinajstić information content (AvgIpc) is 2.99. The van der Waals surface area contributed by atoms with Crippen molar-refractivity contribution < 1.29 is 9.90 Å². The van der Waals surface area contributed by atoms with Crippen LogP contribution in [0.25, 0.3) is 10.9 Å². The Morgan fingerprint density at radius 2 is 1.92 bits per heavy atom. The number of amides is 2. The molecule has 0 saturated heterocycles. The van der Waals surface area contributed by atoms with Crippen molar-refractivity contribution in [3.8, 4) is 0 Å². The van der Waals surface area contributed by atoms with Gasteiger partial charge in [0.05, 0.1) is 6.10 Å². The maximum absolute atomic E-state index is 11.8. The smallest absolute Gasteiger partial charge is 0.315 e. The van der Waals surface area contributed by atoms with Crippen LogP contribution in [0.15, 0.2) is 60.8 Å². The van der Waals surface area contributed by atoms with Gasteiger partial charge in [0.15, 0.2) is 0 Å². The molecule has 1 unspecified atom stereocenters. The van der Waals surface area contributed by atoms with Gasteiger partial charge in [0.25, 0.3) is 0 Å². The fraction of sp³-hybridized carbons (Fsp3) is 0.211. The molecule has 2 aromatic carbocycles. The van der Waals surface area contributed by atoms with Crippen LogP contribution in [-0.4, -0.2) is 22.2 Å². The average molecular weight is 323 g/mol. The van der Waals surface area contributed by atoms with Crippen LogP contribution in [0.4, 0.5) is 4.79 Å². The van der Waals surface area contributed by atoms with Gasteiger partial charge in [-0.25, -0.2) is 4.79 Å². The van der Waals surface area contributed by atoms with Gasteiger partial charge >= 0.3 is 6.03 Å². The van der Waals surface area contributed by atoms with Gasteiger partial charge < -0.3 is 20.3 Å². The van der Waals surface area contributed by atoms with Crippen LogP contribution < -0.4 is 10.6 Å². The number of aryl methyl sites for hydroxylation is 1. The van der Waals surface area contributed by atoms with E-state index in [1.54, 1.807) is 0 Å². The third kappa shape index (κ3) is 3.75. The van der Waals surface area contributed by atoms with Crippen molar-refractivity contribution in [1.29, 1.82) is 0 Å². The number of rotatable bonds is 5. The lowest BCUT2D eigenvalue weighted by atomic mass is 10.1. The quantitative estimate of drug-likeness (QED) is 0.676. The summed E-state index contributed by atoms with van der Waals surface area (Å²) in [5, 5.41) is 16.8. The minimum Gasteiger partial charge on any atom is -0.387 e. The van der Waals surface area contributed by atoms with E-state index >= 15 is 0 Å². The van der Waals surface area contributed by atoms with Crippen molar-refractivity contribution in [2.45, 2.75) is 12.6 Å². The van der Waals surface area contributed by atoms with Crippen LogP contribution in [0.1, 0.15) is 17.2 Å². The van der Waals surface area contributed by atoms with Crippen molar-refractivity contribution in [2.24, 2.45) is 7.05 Å². The molecule has 0 bridgehead atoms. The van der Waals surface area contributed by atoms with E-state index in [1.807, 2.05) is 72.4 Å². The number of fused-ring (bicyclic) bond motifs is 1. The van der Waals surface area contributed by atoms with E-state index in [0.29, 0.717) is 6.54 Å². The van der Waals surface area contributed by atoms with Gasteiger partial charge in [-0.1, -0.05) is 36.4 Å². The third-order valence-electron chi connectivity index (χ3n) is 4.05. The Bertz CT molecular complexity index is 827. The Morgan fingerprint density at radius 3 is 2.71 bits per heavy atom. The second kappa shape index (κ2) is 7.19. The summed E-state index contributed by atoms with van der Waals surface area (Å²) in [6.45, 7) is 0.623. The molecule has 0 fully saturated rings. The molecule has 1 heterocycles. The number of carbonyl (C=O) groups excluding carboxylic acids is 1. The molecule has 5 heteroatoms. The normalized spacial score (nSPS) is 12.1. The fourth-order valence-corrected chi connectivity index (χ4v) is 2.66. The zero-order valence-corrected chi connectivity index (χ0v) is 13.6. The molecule has 3 N–H and O–H groups in total. The summed E-state index contributed by atoms with van der Waals surface area (Å²) >= 11 is 0. The number of nitrogens with zero attached hydrogens (tertiary/aromatic N) is 1. The van der Waals surface area contributed by atoms with Crippen molar-refractivity contribution in [3.05, 3.63) is 71.9 Å². The van der Waals surface area contributed by atoms with Crippen LogP contribution >= 0.6 is 0 Å². The molecule has 0 radical (unpaired) electrons. The lowest BCUT2D eigenvalue weighted by molar-refractivity contribution is 0.173. The number of aliphatic hydroxyl groups excluding tert-OH is 1. The molecule has 3 rings (SSSR count). The maximum atomic E-state index is 11.8. The van der Waals surface area contributed by atoms with E-state index in [0.717, 1.165) is 22.0 Å². The Labute approximate surface area is 140 Å². The number of benzene rings is 2. The third-order valence-corrected chi connectivity index (χ3v) is 4.05. The molecular formula is C19H21N3O2. The molecule has 0 aliphatic carbocycles. The Kier molecular flexibility index (Phi) is 4.82. The van der Waals surface area contributed by atoms with E-state index in [2.05, 4.69) is 10.6 Å². The van der Waals surface area contributed by atoms with E-state index in [1.165, 1.54) is 0 Å². The number of aromatic nitrogens is 1. The molecule has 0 aliphatic rings. The largest absolute Gasteiger partial charge is 0.387 e. The van der Waals surface area contributed by atoms with Crippen molar-refractivity contribution in [2.75, 3.05) is 6.54 Å². The summed E-state index contributed by atoms with van der Waals surface area (Å²) in [4.78, 5) is 11.8. The minimum absolute atomic E-state index is 0.166. The minimum atomic E-state index is -0.739. The van der Waals surface area contributed by atoms with Gasteiger partial charge in [-0.15, -0.1) is 0 Å². The number of hydrogen-bond acceptors (Lipinski definition) is 2. The molecule has 24 heavy (non-hydrogen) atoms. The SMILES string of the molecule is Cn1ccc2cc(C(O)CNC(=O)NCc3ccccc3)ccc21. The van der Waals surface area contributed by atoms with Gasteiger partial charge in [-0.2, -0.15) is 0 Å². The highest BCUT2D eigenvalue weighted by Crippen LogP contribution is 2.20. The summed E-state index contributed by atoms with van der Waals surface area (Å²) in [7, 11) is 1.98. The van der Waals surface area contributed by atoms with Crippen LogP contribution in [0.3, 0.4) is 0 Å². The van der Waals surface area contributed by atoms with Gasteiger partial charge in [0.1, 0.15) is 0 Å². The monoisotopic (exact) mass is 323 g/mol. The van der Waals surface area contributed by atoms with Crippen molar-refractivity contribution in [3.63, 3.8) is 0 Å².